The van der Waals surface area contributed by atoms with Crippen molar-refractivity contribution in [1.82, 2.24) is 4.98 Å². The van der Waals surface area contributed by atoms with Crippen molar-refractivity contribution in [2.75, 3.05) is 11.1 Å². The average molecular weight is 281 g/mol. The SMILES string of the molecule is NC(=O)c1cc(N)cnc1Nc1cccc(Cl)c1F. The van der Waals surface area contributed by atoms with E-state index < -0.39 is 11.7 Å². The van der Waals surface area contributed by atoms with Crippen LogP contribution in [-0.2, 0) is 0 Å². The van der Waals surface area contributed by atoms with Gasteiger partial charge in [0.05, 0.1) is 28.2 Å². The number of carbonyl (C=O) groups excluding carboxylic acids is 1. The molecule has 5 nitrogen and oxygen atoms in total. The van der Waals surface area contributed by atoms with Gasteiger partial charge in [-0.15, -0.1) is 0 Å². The Hall–Kier alpha value is -2.34. The van der Waals surface area contributed by atoms with E-state index in [0.717, 1.165) is 0 Å². The third-order valence-corrected chi connectivity index (χ3v) is 2.67. The number of halogens is 2. The van der Waals surface area contributed by atoms with Gasteiger partial charge in [-0.25, -0.2) is 9.37 Å². The summed E-state index contributed by atoms with van der Waals surface area (Å²) in [4.78, 5) is 15.2. The fourth-order valence-electron chi connectivity index (χ4n) is 1.50. The number of nitrogen functional groups attached to an aromatic ring is 1. The van der Waals surface area contributed by atoms with E-state index in [-0.39, 0.29) is 27.8 Å². The van der Waals surface area contributed by atoms with Gasteiger partial charge in [0.1, 0.15) is 5.82 Å². The normalized spacial score (nSPS) is 10.2. The molecule has 0 saturated carbocycles. The highest BCUT2D eigenvalue weighted by molar-refractivity contribution is 6.31. The molecule has 0 fully saturated rings. The van der Waals surface area contributed by atoms with Crippen LogP contribution in [0.25, 0.3) is 0 Å². The minimum absolute atomic E-state index is 0.0407. The Kier molecular flexibility index (Phi) is 3.52. The van der Waals surface area contributed by atoms with E-state index in [9.17, 15) is 9.18 Å². The standard InChI is InChI=1S/C12H10ClFN4O/c13-8-2-1-3-9(10(8)14)18-12-7(11(16)19)4-6(15)5-17-12/h1-5H,15H2,(H2,16,19)(H,17,18). The lowest BCUT2D eigenvalue weighted by Gasteiger charge is -2.10. The smallest absolute Gasteiger partial charge is 0.252 e. The van der Waals surface area contributed by atoms with Crippen LogP contribution in [0.2, 0.25) is 5.02 Å². The highest BCUT2D eigenvalue weighted by Crippen LogP contribution is 2.26. The molecule has 1 aromatic heterocycles. The molecule has 0 spiro atoms. The van der Waals surface area contributed by atoms with Crippen LogP contribution in [0.3, 0.4) is 0 Å². The quantitative estimate of drug-likeness (QED) is 0.804. The van der Waals surface area contributed by atoms with Gasteiger partial charge in [-0.1, -0.05) is 17.7 Å². The van der Waals surface area contributed by atoms with Crippen LogP contribution in [-0.4, -0.2) is 10.9 Å². The molecule has 0 atom stereocenters. The Morgan fingerprint density at radius 2 is 2.16 bits per heavy atom. The van der Waals surface area contributed by atoms with Crippen LogP contribution in [0, 0.1) is 5.82 Å². The van der Waals surface area contributed by atoms with Gasteiger partial charge in [-0.05, 0) is 18.2 Å². The molecule has 0 unspecified atom stereocenters. The molecule has 0 radical (unpaired) electrons. The van der Waals surface area contributed by atoms with E-state index in [2.05, 4.69) is 10.3 Å². The monoisotopic (exact) mass is 280 g/mol. The van der Waals surface area contributed by atoms with E-state index in [0.29, 0.717) is 0 Å². The van der Waals surface area contributed by atoms with E-state index >= 15 is 0 Å². The third-order valence-electron chi connectivity index (χ3n) is 2.38. The minimum atomic E-state index is -0.718. The zero-order chi connectivity index (χ0) is 14.0. The second-order valence-corrected chi connectivity index (χ2v) is 4.16. The molecule has 1 amide bonds. The summed E-state index contributed by atoms with van der Waals surface area (Å²) in [5.74, 6) is -1.24. The molecule has 1 aromatic carbocycles. The Labute approximate surface area is 113 Å². The van der Waals surface area contributed by atoms with Crippen molar-refractivity contribution in [2.45, 2.75) is 0 Å². The van der Waals surface area contributed by atoms with Gasteiger partial charge < -0.3 is 16.8 Å². The maximum absolute atomic E-state index is 13.7. The number of nitrogens with zero attached hydrogens (tertiary/aromatic N) is 1. The molecule has 98 valence electrons. The highest BCUT2D eigenvalue weighted by Gasteiger charge is 2.13. The number of carbonyl (C=O) groups is 1. The second kappa shape index (κ2) is 5.11. The van der Waals surface area contributed by atoms with Crippen molar-refractivity contribution in [3.63, 3.8) is 0 Å². The molecule has 0 aliphatic carbocycles. The molecular formula is C12H10ClFN4O. The van der Waals surface area contributed by atoms with Crippen molar-refractivity contribution >= 4 is 34.7 Å². The Morgan fingerprint density at radius 3 is 2.84 bits per heavy atom. The predicted octanol–water partition coefficient (Wildman–Crippen LogP) is 2.30. The summed E-state index contributed by atoms with van der Waals surface area (Å²) in [5.41, 5.74) is 11.2. The zero-order valence-electron chi connectivity index (χ0n) is 9.65. The van der Waals surface area contributed by atoms with Gasteiger partial charge >= 0.3 is 0 Å². The summed E-state index contributed by atoms with van der Waals surface area (Å²) in [6.07, 6.45) is 1.33. The number of nitrogens with two attached hydrogens (primary N) is 2. The molecule has 0 aliphatic rings. The van der Waals surface area contributed by atoms with Crippen molar-refractivity contribution in [1.29, 1.82) is 0 Å². The molecule has 2 aromatic rings. The summed E-state index contributed by atoms with van der Waals surface area (Å²) < 4.78 is 13.7. The number of pyridine rings is 1. The molecule has 1 heterocycles. The first-order chi connectivity index (χ1) is 8.99. The number of primary amides is 1. The second-order valence-electron chi connectivity index (χ2n) is 3.76. The highest BCUT2D eigenvalue weighted by atomic mass is 35.5. The van der Waals surface area contributed by atoms with Crippen molar-refractivity contribution in [3.8, 4) is 0 Å². The van der Waals surface area contributed by atoms with Crippen LogP contribution < -0.4 is 16.8 Å². The average Bonchev–Trinajstić information content (AvgIpc) is 2.36. The number of nitrogens with one attached hydrogen (secondary N) is 1. The Balaban J connectivity index is 2.44. The third kappa shape index (κ3) is 2.74. The van der Waals surface area contributed by atoms with Gasteiger partial charge in [-0.2, -0.15) is 0 Å². The first-order valence-corrected chi connectivity index (χ1v) is 5.63. The van der Waals surface area contributed by atoms with Gasteiger partial charge in [0.25, 0.3) is 5.91 Å². The lowest BCUT2D eigenvalue weighted by molar-refractivity contribution is 0.100. The van der Waals surface area contributed by atoms with Crippen LogP contribution in [0.5, 0.6) is 0 Å². The number of rotatable bonds is 3. The number of anilines is 3. The lowest BCUT2D eigenvalue weighted by Crippen LogP contribution is -2.15. The van der Waals surface area contributed by atoms with Crippen molar-refractivity contribution in [2.24, 2.45) is 5.73 Å². The summed E-state index contributed by atoms with van der Waals surface area (Å²) >= 11 is 5.66. The predicted molar refractivity (Wildman–Crippen MR) is 71.9 cm³/mol. The summed E-state index contributed by atoms with van der Waals surface area (Å²) in [7, 11) is 0. The Bertz CT molecular complexity index is 648. The van der Waals surface area contributed by atoms with Crippen LogP contribution in [0.1, 0.15) is 10.4 Å². The topological polar surface area (TPSA) is 94.0 Å². The molecular weight excluding hydrogens is 271 g/mol. The number of hydrogen-bond acceptors (Lipinski definition) is 4. The molecule has 0 aliphatic heterocycles. The van der Waals surface area contributed by atoms with Crippen LogP contribution >= 0.6 is 11.6 Å². The molecule has 5 N–H and O–H groups in total. The molecule has 0 bridgehead atoms. The van der Waals surface area contributed by atoms with Gasteiger partial charge in [0, 0.05) is 0 Å². The van der Waals surface area contributed by atoms with Gasteiger partial charge in [0.15, 0.2) is 5.82 Å². The van der Waals surface area contributed by atoms with Gasteiger partial charge in [-0.3, -0.25) is 4.79 Å². The first-order valence-electron chi connectivity index (χ1n) is 5.25. The zero-order valence-corrected chi connectivity index (χ0v) is 10.4. The Morgan fingerprint density at radius 1 is 1.42 bits per heavy atom. The number of aromatic nitrogens is 1. The summed E-state index contributed by atoms with van der Waals surface area (Å²) in [6.45, 7) is 0. The maximum Gasteiger partial charge on any atom is 0.252 e. The fraction of sp³-hybridized carbons (Fsp3) is 0. The van der Waals surface area contributed by atoms with Crippen molar-refractivity contribution < 1.29 is 9.18 Å². The van der Waals surface area contributed by atoms with E-state index in [4.69, 9.17) is 23.1 Å². The van der Waals surface area contributed by atoms with E-state index in [1.165, 1.54) is 24.4 Å². The molecule has 0 saturated heterocycles. The largest absolute Gasteiger partial charge is 0.397 e. The number of benzene rings is 1. The number of amides is 1. The molecule has 19 heavy (non-hydrogen) atoms. The molecule has 2 rings (SSSR count). The van der Waals surface area contributed by atoms with Crippen LogP contribution in [0.15, 0.2) is 30.5 Å². The molecule has 7 heteroatoms. The fourth-order valence-corrected chi connectivity index (χ4v) is 1.67. The summed E-state index contributed by atoms with van der Waals surface area (Å²) in [6, 6.07) is 5.80. The van der Waals surface area contributed by atoms with Crippen LogP contribution in [0.4, 0.5) is 21.6 Å². The van der Waals surface area contributed by atoms with E-state index in [1.54, 1.807) is 6.07 Å². The van der Waals surface area contributed by atoms with Gasteiger partial charge in [0.2, 0.25) is 0 Å². The summed E-state index contributed by atoms with van der Waals surface area (Å²) in [5, 5.41) is 2.62. The number of hydrogen-bond donors (Lipinski definition) is 3. The first kappa shape index (κ1) is 13.1. The lowest BCUT2D eigenvalue weighted by atomic mass is 10.2. The maximum atomic E-state index is 13.7. The van der Waals surface area contributed by atoms with E-state index in [1.807, 2.05) is 0 Å². The van der Waals surface area contributed by atoms with Crippen molar-refractivity contribution in [3.05, 3.63) is 46.9 Å². The minimum Gasteiger partial charge on any atom is -0.397 e.